The van der Waals surface area contributed by atoms with Crippen LogP contribution in [-0.2, 0) is 6.42 Å². The van der Waals surface area contributed by atoms with Gasteiger partial charge in [-0.05, 0) is 60.5 Å². The zero-order valence-electron chi connectivity index (χ0n) is 17.1. The molecule has 6 heteroatoms. The fourth-order valence-corrected chi connectivity index (χ4v) is 3.28. The third-order valence-electron chi connectivity index (χ3n) is 4.96. The number of rotatable bonds is 7. The van der Waals surface area contributed by atoms with Crippen molar-refractivity contribution in [1.29, 1.82) is 0 Å². The second-order valence-electron chi connectivity index (χ2n) is 7.03. The molecule has 1 heterocycles. The summed E-state index contributed by atoms with van der Waals surface area (Å²) in [4.78, 5) is 13.0. The summed E-state index contributed by atoms with van der Waals surface area (Å²) in [6.45, 7) is 0.477. The number of amides is 1. The van der Waals surface area contributed by atoms with Crippen LogP contribution in [0.3, 0.4) is 0 Å². The summed E-state index contributed by atoms with van der Waals surface area (Å²) in [6, 6.07) is 23.3. The molecule has 0 unspecified atom stereocenters. The Kier molecular flexibility index (Phi) is 6.08. The summed E-state index contributed by atoms with van der Waals surface area (Å²) >= 11 is 0. The van der Waals surface area contributed by atoms with Gasteiger partial charge in [0.15, 0.2) is 0 Å². The second kappa shape index (κ2) is 9.26. The quantitative estimate of drug-likeness (QED) is 0.478. The topological polar surface area (TPSA) is 56.1 Å². The van der Waals surface area contributed by atoms with Crippen molar-refractivity contribution in [2.45, 2.75) is 6.42 Å². The van der Waals surface area contributed by atoms with Gasteiger partial charge in [-0.25, -0.2) is 9.07 Å². The summed E-state index contributed by atoms with van der Waals surface area (Å²) in [5.74, 6) is 0.233. The Bertz CT molecular complexity index is 1150. The summed E-state index contributed by atoms with van der Waals surface area (Å²) in [5.41, 5.74) is 3.55. The summed E-state index contributed by atoms with van der Waals surface area (Å²) in [7, 11) is 1.63. The maximum atomic E-state index is 13.4. The lowest BCUT2D eigenvalue weighted by atomic mass is 10.1. The van der Waals surface area contributed by atoms with E-state index in [1.54, 1.807) is 30.1 Å². The predicted molar refractivity (Wildman–Crippen MR) is 118 cm³/mol. The molecule has 4 aromatic rings. The molecule has 3 aromatic carbocycles. The van der Waals surface area contributed by atoms with E-state index in [2.05, 4.69) is 10.4 Å². The van der Waals surface area contributed by atoms with Crippen molar-refractivity contribution in [3.8, 4) is 22.7 Å². The molecule has 1 N–H and O–H groups in total. The Labute approximate surface area is 180 Å². The average Bonchev–Trinajstić information content (AvgIpc) is 3.26. The third-order valence-corrected chi connectivity index (χ3v) is 4.96. The van der Waals surface area contributed by atoms with E-state index in [1.165, 1.54) is 12.1 Å². The number of carbonyl (C=O) groups excluding carboxylic acids is 1. The molecule has 156 valence electrons. The zero-order valence-corrected chi connectivity index (χ0v) is 17.1. The third kappa shape index (κ3) is 4.80. The minimum atomic E-state index is -0.336. The van der Waals surface area contributed by atoms with Crippen molar-refractivity contribution < 1.29 is 13.9 Å². The van der Waals surface area contributed by atoms with Crippen molar-refractivity contribution in [1.82, 2.24) is 15.1 Å². The van der Waals surface area contributed by atoms with Crippen molar-refractivity contribution in [2.75, 3.05) is 13.7 Å². The SMILES string of the molecule is COc1ccc(CCNC(=O)c2cn(-c3ccccc3)nc2-c2ccc(F)cc2)cc1. The molecule has 1 aromatic heterocycles. The number of para-hydroxylation sites is 1. The molecule has 0 bridgehead atoms. The Morgan fingerprint density at radius 3 is 2.39 bits per heavy atom. The molecule has 5 nitrogen and oxygen atoms in total. The smallest absolute Gasteiger partial charge is 0.255 e. The number of halogens is 1. The largest absolute Gasteiger partial charge is 0.497 e. The highest BCUT2D eigenvalue weighted by molar-refractivity contribution is 5.99. The summed E-state index contributed by atoms with van der Waals surface area (Å²) in [6.07, 6.45) is 2.39. The second-order valence-corrected chi connectivity index (χ2v) is 7.03. The van der Waals surface area contributed by atoms with Crippen LogP contribution in [0.1, 0.15) is 15.9 Å². The first-order chi connectivity index (χ1) is 15.1. The highest BCUT2D eigenvalue weighted by Crippen LogP contribution is 2.24. The molecule has 31 heavy (non-hydrogen) atoms. The summed E-state index contributed by atoms with van der Waals surface area (Å²) in [5, 5.41) is 7.57. The van der Waals surface area contributed by atoms with E-state index < -0.39 is 0 Å². The van der Waals surface area contributed by atoms with Gasteiger partial charge in [-0.3, -0.25) is 4.79 Å². The first-order valence-corrected chi connectivity index (χ1v) is 9.96. The zero-order chi connectivity index (χ0) is 21.6. The number of methoxy groups -OCH3 is 1. The van der Waals surface area contributed by atoms with Crippen LogP contribution in [0.2, 0.25) is 0 Å². The molecule has 0 radical (unpaired) electrons. The standard InChI is InChI=1S/C25H22FN3O2/c1-31-22-13-7-18(8-14-22)15-16-27-25(30)23-17-29(21-5-3-2-4-6-21)28-24(23)19-9-11-20(26)12-10-19/h2-14,17H,15-16H2,1H3,(H,27,30). The van der Waals surface area contributed by atoms with Crippen LogP contribution in [0.15, 0.2) is 85.1 Å². The molecule has 0 aliphatic carbocycles. The first-order valence-electron chi connectivity index (χ1n) is 9.96. The first kappa shape index (κ1) is 20.3. The van der Waals surface area contributed by atoms with Gasteiger partial charge in [0.2, 0.25) is 0 Å². The maximum Gasteiger partial charge on any atom is 0.255 e. The molecule has 4 rings (SSSR count). The van der Waals surface area contributed by atoms with Gasteiger partial charge in [0, 0.05) is 18.3 Å². The summed E-state index contributed by atoms with van der Waals surface area (Å²) < 4.78 is 20.2. The molecule has 0 aliphatic heterocycles. The van der Waals surface area contributed by atoms with Crippen LogP contribution in [0.25, 0.3) is 16.9 Å². The van der Waals surface area contributed by atoms with Gasteiger partial charge in [-0.1, -0.05) is 30.3 Å². The molecule has 0 aliphatic rings. The van der Waals surface area contributed by atoms with E-state index in [1.807, 2.05) is 54.6 Å². The van der Waals surface area contributed by atoms with E-state index in [0.717, 1.165) is 17.0 Å². The monoisotopic (exact) mass is 415 g/mol. The highest BCUT2D eigenvalue weighted by Gasteiger charge is 2.18. The van der Waals surface area contributed by atoms with Crippen molar-refractivity contribution in [3.63, 3.8) is 0 Å². The van der Waals surface area contributed by atoms with E-state index in [4.69, 9.17) is 4.74 Å². The number of benzene rings is 3. The van der Waals surface area contributed by atoms with Crippen LogP contribution in [0, 0.1) is 5.82 Å². The number of aromatic nitrogens is 2. The van der Waals surface area contributed by atoms with E-state index in [0.29, 0.717) is 29.8 Å². The lowest BCUT2D eigenvalue weighted by Gasteiger charge is -2.06. The van der Waals surface area contributed by atoms with Crippen LogP contribution < -0.4 is 10.1 Å². The Morgan fingerprint density at radius 2 is 1.71 bits per heavy atom. The maximum absolute atomic E-state index is 13.4. The van der Waals surface area contributed by atoms with Crippen LogP contribution in [0.5, 0.6) is 5.75 Å². The number of hydrogen-bond donors (Lipinski definition) is 1. The lowest BCUT2D eigenvalue weighted by molar-refractivity contribution is 0.0954. The molecular weight excluding hydrogens is 393 g/mol. The number of hydrogen-bond acceptors (Lipinski definition) is 3. The van der Waals surface area contributed by atoms with Gasteiger partial charge in [0.25, 0.3) is 5.91 Å². The molecular formula is C25H22FN3O2. The Balaban J connectivity index is 1.55. The molecule has 0 atom stereocenters. The van der Waals surface area contributed by atoms with Gasteiger partial charge in [0.05, 0.1) is 18.4 Å². The fraction of sp³-hybridized carbons (Fsp3) is 0.120. The van der Waals surface area contributed by atoms with E-state index in [-0.39, 0.29) is 11.7 Å². The van der Waals surface area contributed by atoms with Gasteiger partial charge >= 0.3 is 0 Å². The molecule has 0 saturated heterocycles. The fourth-order valence-electron chi connectivity index (χ4n) is 3.28. The van der Waals surface area contributed by atoms with E-state index in [9.17, 15) is 9.18 Å². The molecule has 0 saturated carbocycles. The van der Waals surface area contributed by atoms with Crippen molar-refractivity contribution >= 4 is 5.91 Å². The van der Waals surface area contributed by atoms with Crippen LogP contribution >= 0.6 is 0 Å². The van der Waals surface area contributed by atoms with Gasteiger partial charge < -0.3 is 10.1 Å². The van der Waals surface area contributed by atoms with Crippen LogP contribution in [-0.4, -0.2) is 29.3 Å². The average molecular weight is 415 g/mol. The number of carbonyl (C=O) groups is 1. The van der Waals surface area contributed by atoms with Crippen LogP contribution in [0.4, 0.5) is 4.39 Å². The van der Waals surface area contributed by atoms with Gasteiger partial charge in [0.1, 0.15) is 17.3 Å². The normalized spacial score (nSPS) is 10.6. The van der Waals surface area contributed by atoms with Gasteiger partial charge in [-0.15, -0.1) is 0 Å². The lowest BCUT2D eigenvalue weighted by Crippen LogP contribution is -2.25. The highest BCUT2D eigenvalue weighted by atomic mass is 19.1. The number of nitrogens with zero attached hydrogens (tertiary/aromatic N) is 2. The number of ether oxygens (including phenoxy) is 1. The Morgan fingerprint density at radius 1 is 1.00 bits per heavy atom. The van der Waals surface area contributed by atoms with Gasteiger partial charge in [-0.2, -0.15) is 5.10 Å². The Hall–Kier alpha value is -3.93. The van der Waals surface area contributed by atoms with Crippen molar-refractivity contribution in [3.05, 3.63) is 102 Å². The van der Waals surface area contributed by atoms with Crippen molar-refractivity contribution in [2.24, 2.45) is 0 Å². The molecule has 0 spiro atoms. The molecule has 0 fully saturated rings. The predicted octanol–water partition coefficient (Wildman–Crippen LogP) is 4.66. The minimum absolute atomic E-state index is 0.227. The number of nitrogens with one attached hydrogen (secondary N) is 1. The van der Waals surface area contributed by atoms with E-state index >= 15 is 0 Å². The minimum Gasteiger partial charge on any atom is -0.497 e. The molecule has 1 amide bonds.